The van der Waals surface area contributed by atoms with Crippen molar-refractivity contribution in [3.63, 3.8) is 0 Å². The van der Waals surface area contributed by atoms with Crippen LogP contribution in [0, 0.1) is 13.8 Å². The highest BCUT2D eigenvalue weighted by Crippen LogP contribution is 2.31. The summed E-state index contributed by atoms with van der Waals surface area (Å²) in [4.78, 5) is 11.4. The second-order valence-corrected chi connectivity index (χ2v) is 8.57. The smallest absolute Gasteiger partial charge is 0.189 e. The van der Waals surface area contributed by atoms with Gasteiger partial charge in [-0.2, -0.15) is 0 Å². The van der Waals surface area contributed by atoms with Gasteiger partial charge in [-0.15, -0.1) is 16.4 Å². The molecule has 0 N–H and O–H groups in total. The summed E-state index contributed by atoms with van der Waals surface area (Å²) in [6.45, 7) is 4.53. The lowest BCUT2D eigenvalue weighted by atomic mass is 10.1. The quantitative estimate of drug-likeness (QED) is 0.375. The fourth-order valence-corrected chi connectivity index (χ4v) is 4.55. The Morgan fingerprint density at radius 1 is 1.11 bits per heavy atom. The summed E-state index contributed by atoms with van der Waals surface area (Å²) < 4.78 is 8.74. The normalized spacial score (nSPS) is 11.7. The van der Waals surface area contributed by atoms with Gasteiger partial charge in [0.15, 0.2) is 11.5 Å². The third kappa shape index (κ3) is 2.87. The molecule has 0 aliphatic rings. The first kappa shape index (κ1) is 16.6. The first-order chi connectivity index (χ1) is 13.1. The van der Waals surface area contributed by atoms with Crippen molar-refractivity contribution in [1.29, 1.82) is 0 Å². The third-order valence-electron chi connectivity index (χ3n) is 4.69. The van der Waals surface area contributed by atoms with Gasteiger partial charge in [0.25, 0.3) is 0 Å². The molecule has 0 atom stereocenters. The van der Waals surface area contributed by atoms with Crippen LogP contribution in [0.4, 0.5) is 0 Å². The number of thiophene rings is 1. The third-order valence-corrected chi connectivity index (χ3v) is 6.30. The number of hydrogen-bond acceptors (Lipinski definition) is 5. The first-order valence-corrected chi connectivity index (χ1v) is 10.1. The number of nitrogens with zero attached hydrogens (tertiary/aromatic N) is 4. The van der Waals surface area contributed by atoms with Crippen molar-refractivity contribution in [2.75, 3.05) is 0 Å². The maximum Gasteiger partial charge on any atom is 0.189 e. The van der Waals surface area contributed by atoms with E-state index in [1.165, 1.54) is 15.8 Å². The van der Waals surface area contributed by atoms with E-state index < -0.39 is 0 Å². The van der Waals surface area contributed by atoms with Gasteiger partial charge in [-0.3, -0.25) is 0 Å². The van der Waals surface area contributed by atoms with Gasteiger partial charge in [0, 0.05) is 9.35 Å². The van der Waals surface area contributed by atoms with Gasteiger partial charge < -0.3 is 4.74 Å². The SMILES string of the molecule is Cc1sc2ncn3nc(COc4ccc5cc(Br)ccc5c4)nc3c2c1C. The second-order valence-electron chi connectivity index (χ2n) is 6.45. The van der Waals surface area contributed by atoms with E-state index in [2.05, 4.69) is 58.1 Å². The Hall–Kier alpha value is -2.51. The van der Waals surface area contributed by atoms with Gasteiger partial charge in [-0.1, -0.05) is 28.1 Å². The number of rotatable bonds is 3. The van der Waals surface area contributed by atoms with Crippen LogP contribution in [0.5, 0.6) is 5.75 Å². The highest BCUT2D eigenvalue weighted by atomic mass is 79.9. The van der Waals surface area contributed by atoms with Crippen LogP contribution in [-0.2, 0) is 6.61 Å². The molecule has 0 bridgehead atoms. The van der Waals surface area contributed by atoms with Crippen LogP contribution in [0.15, 0.2) is 47.2 Å². The number of benzene rings is 2. The van der Waals surface area contributed by atoms with Crippen molar-refractivity contribution >= 4 is 53.9 Å². The molecule has 0 fully saturated rings. The van der Waals surface area contributed by atoms with Crippen LogP contribution in [-0.4, -0.2) is 19.6 Å². The maximum atomic E-state index is 5.94. The van der Waals surface area contributed by atoms with Gasteiger partial charge in [0.05, 0.1) is 5.39 Å². The van der Waals surface area contributed by atoms with Crippen molar-refractivity contribution in [1.82, 2.24) is 19.6 Å². The molecule has 2 aromatic carbocycles. The van der Waals surface area contributed by atoms with Crippen molar-refractivity contribution in [2.45, 2.75) is 20.5 Å². The number of ether oxygens (including phenoxy) is 1. The molecule has 0 radical (unpaired) electrons. The molecule has 0 spiro atoms. The average molecular weight is 439 g/mol. The van der Waals surface area contributed by atoms with Crippen LogP contribution in [0.2, 0.25) is 0 Å². The van der Waals surface area contributed by atoms with E-state index in [-0.39, 0.29) is 0 Å². The van der Waals surface area contributed by atoms with Crippen LogP contribution >= 0.6 is 27.3 Å². The van der Waals surface area contributed by atoms with Gasteiger partial charge in [0.1, 0.15) is 23.5 Å². The van der Waals surface area contributed by atoms with E-state index in [1.54, 1.807) is 22.2 Å². The summed E-state index contributed by atoms with van der Waals surface area (Å²) in [7, 11) is 0. The number of halogens is 1. The lowest BCUT2D eigenvalue weighted by Crippen LogP contribution is -1.98. The molecule has 5 aromatic rings. The largest absolute Gasteiger partial charge is 0.486 e. The lowest BCUT2D eigenvalue weighted by Gasteiger charge is -2.05. The molecule has 0 saturated heterocycles. The summed E-state index contributed by atoms with van der Waals surface area (Å²) in [5, 5.41) is 7.90. The summed E-state index contributed by atoms with van der Waals surface area (Å²) in [5.74, 6) is 1.44. The molecule has 0 aliphatic heterocycles. The van der Waals surface area contributed by atoms with Crippen LogP contribution in [0.25, 0.3) is 26.6 Å². The highest BCUT2D eigenvalue weighted by Gasteiger charge is 2.14. The highest BCUT2D eigenvalue weighted by molar-refractivity contribution is 9.10. The first-order valence-electron chi connectivity index (χ1n) is 8.50. The Morgan fingerprint density at radius 3 is 2.81 bits per heavy atom. The van der Waals surface area contributed by atoms with Crippen LogP contribution in [0.3, 0.4) is 0 Å². The van der Waals surface area contributed by atoms with E-state index in [1.807, 2.05) is 18.2 Å². The van der Waals surface area contributed by atoms with Gasteiger partial charge in [0.2, 0.25) is 0 Å². The monoisotopic (exact) mass is 438 g/mol. The zero-order chi connectivity index (χ0) is 18.5. The molecule has 3 heterocycles. The van der Waals surface area contributed by atoms with Gasteiger partial charge in [-0.25, -0.2) is 14.5 Å². The molecule has 0 aliphatic carbocycles. The zero-order valence-electron chi connectivity index (χ0n) is 14.7. The number of fused-ring (bicyclic) bond motifs is 4. The van der Waals surface area contributed by atoms with E-state index >= 15 is 0 Å². The minimum absolute atomic E-state index is 0.313. The second kappa shape index (κ2) is 6.28. The standard InChI is InChI=1S/C20H15BrN4OS/c1-11-12(2)27-20-18(11)19-23-17(24-25(19)10-22-20)9-26-16-6-4-13-7-15(21)5-3-14(13)8-16/h3-8,10H,9H2,1-2H3. The van der Waals surface area contributed by atoms with Crippen molar-refractivity contribution in [3.05, 3.63) is 63.5 Å². The van der Waals surface area contributed by atoms with Crippen molar-refractivity contribution in [3.8, 4) is 5.75 Å². The molecule has 3 aromatic heterocycles. The Labute approximate surface area is 167 Å². The summed E-state index contributed by atoms with van der Waals surface area (Å²) in [6, 6.07) is 12.2. The Morgan fingerprint density at radius 2 is 1.93 bits per heavy atom. The fourth-order valence-electron chi connectivity index (χ4n) is 3.18. The van der Waals surface area contributed by atoms with Crippen molar-refractivity contribution in [2.24, 2.45) is 0 Å². The van der Waals surface area contributed by atoms with E-state index in [0.717, 1.165) is 31.5 Å². The molecule has 5 nitrogen and oxygen atoms in total. The van der Waals surface area contributed by atoms with E-state index in [4.69, 9.17) is 9.72 Å². The Balaban J connectivity index is 1.46. The molecule has 27 heavy (non-hydrogen) atoms. The van der Waals surface area contributed by atoms with E-state index in [0.29, 0.717) is 12.4 Å². The molecule has 134 valence electrons. The van der Waals surface area contributed by atoms with Crippen LogP contribution in [0.1, 0.15) is 16.3 Å². The molecule has 0 amide bonds. The summed E-state index contributed by atoms with van der Waals surface area (Å²) in [6.07, 6.45) is 1.72. The van der Waals surface area contributed by atoms with Gasteiger partial charge in [-0.05, 0) is 54.4 Å². The minimum Gasteiger partial charge on any atom is -0.486 e. The molecule has 0 saturated carbocycles. The fraction of sp³-hybridized carbons (Fsp3) is 0.150. The summed E-state index contributed by atoms with van der Waals surface area (Å²) >= 11 is 5.19. The molecular formula is C20H15BrN4OS. The topological polar surface area (TPSA) is 52.3 Å². The predicted molar refractivity (Wildman–Crippen MR) is 112 cm³/mol. The summed E-state index contributed by atoms with van der Waals surface area (Å²) in [5.41, 5.74) is 2.05. The molecule has 5 rings (SSSR count). The minimum atomic E-state index is 0.313. The lowest BCUT2D eigenvalue weighted by molar-refractivity contribution is 0.296. The zero-order valence-corrected chi connectivity index (χ0v) is 17.1. The number of aryl methyl sites for hydroxylation is 2. The average Bonchev–Trinajstić information content (AvgIpc) is 3.20. The Bertz CT molecular complexity index is 1320. The predicted octanol–water partition coefficient (Wildman–Crippen LogP) is 5.45. The van der Waals surface area contributed by atoms with Gasteiger partial charge >= 0.3 is 0 Å². The Kier molecular flexibility index (Phi) is 3.87. The van der Waals surface area contributed by atoms with E-state index in [9.17, 15) is 0 Å². The molecule has 7 heteroatoms. The number of hydrogen-bond donors (Lipinski definition) is 0. The maximum absolute atomic E-state index is 5.94. The van der Waals surface area contributed by atoms with Crippen LogP contribution < -0.4 is 4.74 Å². The van der Waals surface area contributed by atoms with Crippen molar-refractivity contribution < 1.29 is 4.74 Å². The molecule has 0 unspecified atom stereocenters. The number of aromatic nitrogens is 4. The molecular weight excluding hydrogens is 424 g/mol.